The van der Waals surface area contributed by atoms with E-state index in [2.05, 4.69) is 0 Å². The van der Waals surface area contributed by atoms with E-state index >= 15 is 0 Å². The molecule has 1 aliphatic heterocycles. The zero-order valence-electron chi connectivity index (χ0n) is 11.5. The quantitative estimate of drug-likeness (QED) is 0.873. The first-order valence-electron chi connectivity index (χ1n) is 6.95. The second kappa shape index (κ2) is 6.57. The van der Waals surface area contributed by atoms with Crippen molar-refractivity contribution >= 4 is 5.91 Å². The van der Waals surface area contributed by atoms with Crippen molar-refractivity contribution in [3.8, 4) is 5.75 Å². The number of fused-ring (bicyclic) bond motifs is 1. The minimum Gasteiger partial charge on any atom is -0.492 e. The lowest BCUT2D eigenvalue weighted by atomic mass is 9.95. The van der Waals surface area contributed by atoms with Gasteiger partial charge in [0.1, 0.15) is 12.4 Å². The summed E-state index contributed by atoms with van der Waals surface area (Å²) in [5.74, 6) is 1.04. The maximum absolute atomic E-state index is 12.5. The van der Waals surface area contributed by atoms with Crippen molar-refractivity contribution in [2.24, 2.45) is 11.7 Å². The lowest BCUT2D eigenvalue weighted by molar-refractivity contribution is -0.136. The second-order valence-corrected chi connectivity index (χ2v) is 4.88. The number of benzene rings is 1. The Morgan fingerprint density at radius 1 is 1.47 bits per heavy atom. The van der Waals surface area contributed by atoms with Gasteiger partial charge in [0.25, 0.3) is 0 Å². The van der Waals surface area contributed by atoms with Crippen molar-refractivity contribution in [1.82, 2.24) is 4.90 Å². The maximum atomic E-state index is 12.5. The number of carbonyl (C=O) groups is 1. The predicted octanol–water partition coefficient (Wildman–Crippen LogP) is 1.43. The highest BCUT2D eigenvalue weighted by Crippen LogP contribution is 2.27. The molecule has 4 heteroatoms. The number of rotatable bonds is 5. The second-order valence-electron chi connectivity index (χ2n) is 4.88. The summed E-state index contributed by atoms with van der Waals surface area (Å²) in [5.41, 5.74) is 6.64. The molecule has 0 saturated carbocycles. The van der Waals surface area contributed by atoms with Gasteiger partial charge in [-0.2, -0.15) is 0 Å². The van der Waals surface area contributed by atoms with Gasteiger partial charge in [-0.3, -0.25) is 4.79 Å². The van der Waals surface area contributed by atoms with Gasteiger partial charge >= 0.3 is 0 Å². The Kier molecular flexibility index (Phi) is 4.80. The first-order chi connectivity index (χ1) is 9.26. The lowest BCUT2D eigenvalue weighted by Crippen LogP contribution is -2.41. The number of amides is 1. The molecule has 4 nitrogen and oxygen atoms in total. The predicted molar refractivity (Wildman–Crippen MR) is 75.1 cm³/mol. The number of hydrogen-bond donors (Lipinski definition) is 1. The number of nitrogens with two attached hydrogens (primary N) is 1. The molecule has 0 radical (unpaired) electrons. The van der Waals surface area contributed by atoms with Crippen molar-refractivity contribution in [2.75, 3.05) is 26.2 Å². The summed E-state index contributed by atoms with van der Waals surface area (Å²) in [6.45, 7) is 4.58. The van der Waals surface area contributed by atoms with Crippen LogP contribution >= 0.6 is 0 Å². The Balaban J connectivity index is 2.01. The molecule has 1 aromatic carbocycles. The van der Waals surface area contributed by atoms with Crippen LogP contribution in [0.25, 0.3) is 0 Å². The van der Waals surface area contributed by atoms with Crippen LogP contribution in [-0.4, -0.2) is 37.0 Å². The van der Waals surface area contributed by atoms with Crippen molar-refractivity contribution < 1.29 is 9.53 Å². The summed E-state index contributed by atoms with van der Waals surface area (Å²) in [6.07, 6.45) is 1.62. The largest absolute Gasteiger partial charge is 0.492 e. The summed E-state index contributed by atoms with van der Waals surface area (Å²) in [6, 6.07) is 7.94. The number of para-hydroxylation sites is 1. The Hall–Kier alpha value is -1.55. The molecule has 2 N–H and O–H groups in total. The maximum Gasteiger partial charge on any atom is 0.229 e. The molecule has 0 aliphatic carbocycles. The molecule has 19 heavy (non-hydrogen) atoms. The van der Waals surface area contributed by atoms with Crippen LogP contribution in [0.4, 0.5) is 0 Å². The third-order valence-corrected chi connectivity index (χ3v) is 3.55. The van der Waals surface area contributed by atoms with Gasteiger partial charge in [0.05, 0.1) is 5.92 Å². The van der Waals surface area contributed by atoms with E-state index in [1.165, 1.54) is 0 Å². The highest BCUT2D eigenvalue weighted by atomic mass is 16.5. The van der Waals surface area contributed by atoms with Crippen LogP contribution in [0.1, 0.15) is 18.9 Å². The van der Waals surface area contributed by atoms with Crippen LogP contribution in [0.15, 0.2) is 24.3 Å². The average molecular weight is 262 g/mol. The highest BCUT2D eigenvalue weighted by Gasteiger charge is 2.28. The van der Waals surface area contributed by atoms with Crippen molar-refractivity contribution in [3.05, 3.63) is 29.8 Å². The van der Waals surface area contributed by atoms with E-state index in [0.717, 1.165) is 37.2 Å². The van der Waals surface area contributed by atoms with E-state index in [-0.39, 0.29) is 11.8 Å². The minimum absolute atomic E-state index is 0.0624. The van der Waals surface area contributed by atoms with E-state index in [0.29, 0.717) is 13.2 Å². The molecule has 1 atom stereocenters. The lowest BCUT2D eigenvalue weighted by Gasteiger charge is -2.29. The topological polar surface area (TPSA) is 55.6 Å². The summed E-state index contributed by atoms with van der Waals surface area (Å²) in [4.78, 5) is 14.3. The standard InChI is InChI=1S/C15H22N2O2/c1-2-17(9-5-8-16)15(18)13-10-12-6-3-4-7-14(12)19-11-13/h3-4,6-7,13H,2,5,8-11,16H2,1H3. The summed E-state index contributed by atoms with van der Waals surface area (Å²) < 4.78 is 5.68. The third kappa shape index (κ3) is 3.26. The minimum atomic E-state index is -0.0624. The molecule has 2 rings (SSSR count). The normalized spacial score (nSPS) is 17.5. The number of nitrogens with zero attached hydrogens (tertiary/aromatic N) is 1. The fourth-order valence-electron chi connectivity index (χ4n) is 2.45. The van der Waals surface area contributed by atoms with Gasteiger partial charge in [-0.1, -0.05) is 18.2 Å². The van der Waals surface area contributed by atoms with E-state index in [1.54, 1.807) is 0 Å². The molecule has 104 valence electrons. The van der Waals surface area contributed by atoms with Crippen LogP contribution < -0.4 is 10.5 Å². The molecular weight excluding hydrogens is 240 g/mol. The van der Waals surface area contributed by atoms with Gasteiger partial charge in [-0.15, -0.1) is 0 Å². The Morgan fingerprint density at radius 3 is 3.00 bits per heavy atom. The fourth-order valence-corrected chi connectivity index (χ4v) is 2.45. The molecule has 1 amide bonds. The van der Waals surface area contributed by atoms with Crippen LogP contribution in [0.3, 0.4) is 0 Å². The smallest absolute Gasteiger partial charge is 0.229 e. The first kappa shape index (κ1) is 13.9. The molecule has 0 aromatic heterocycles. The molecule has 1 unspecified atom stereocenters. The van der Waals surface area contributed by atoms with E-state index in [9.17, 15) is 4.79 Å². The SMILES string of the molecule is CCN(CCCN)C(=O)C1COc2ccccc2C1. The Labute approximate surface area is 114 Å². The van der Waals surface area contributed by atoms with Crippen molar-refractivity contribution in [2.45, 2.75) is 19.8 Å². The van der Waals surface area contributed by atoms with Gasteiger partial charge in [-0.05, 0) is 37.9 Å². The molecule has 0 fully saturated rings. The molecule has 1 heterocycles. The van der Waals surface area contributed by atoms with Crippen molar-refractivity contribution in [3.63, 3.8) is 0 Å². The number of carbonyl (C=O) groups excluding carboxylic acids is 1. The van der Waals surface area contributed by atoms with Gasteiger partial charge in [0.2, 0.25) is 5.91 Å². The molecule has 1 aliphatic rings. The van der Waals surface area contributed by atoms with E-state index in [4.69, 9.17) is 10.5 Å². The zero-order chi connectivity index (χ0) is 13.7. The molecule has 1 aromatic rings. The Bertz CT molecular complexity index is 434. The highest BCUT2D eigenvalue weighted by molar-refractivity contribution is 5.79. The fraction of sp³-hybridized carbons (Fsp3) is 0.533. The molecule has 0 saturated heterocycles. The van der Waals surface area contributed by atoms with Crippen LogP contribution in [-0.2, 0) is 11.2 Å². The van der Waals surface area contributed by atoms with Crippen molar-refractivity contribution in [1.29, 1.82) is 0 Å². The summed E-state index contributed by atoms with van der Waals surface area (Å²) in [5, 5.41) is 0. The number of hydrogen-bond acceptors (Lipinski definition) is 3. The average Bonchev–Trinajstić information content (AvgIpc) is 2.47. The van der Waals surface area contributed by atoms with Gasteiger partial charge in [0, 0.05) is 13.1 Å². The number of ether oxygens (including phenoxy) is 1. The monoisotopic (exact) mass is 262 g/mol. The van der Waals surface area contributed by atoms with Gasteiger partial charge in [-0.25, -0.2) is 0 Å². The summed E-state index contributed by atoms with van der Waals surface area (Å²) >= 11 is 0. The van der Waals surface area contributed by atoms with Crippen LogP contribution in [0.2, 0.25) is 0 Å². The first-order valence-corrected chi connectivity index (χ1v) is 6.95. The van der Waals surface area contributed by atoms with E-state index in [1.807, 2.05) is 36.1 Å². The third-order valence-electron chi connectivity index (χ3n) is 3.55. The molecular formula is C15H22N2O2. The van der Waals surface area contributed by atoms with Gasteiger partial charge in [0.15, 0.2) is 0 Å². The van der Waals surface area contributed by atoms with Crippen LogP contribution in [0.5, 0.6) is 5.75 Å². The molecule has 0 bridgehead atoms. The molecule has 0 spiro atoms. The Morgan fingerprint density at radius 2 is 2.26 bits per heavy atom. The van der Waals surface area contributed by atoms with Gasteiger partial charge < -0.3 is 15.4 Å². The zero-order valence-corrected chi connectivity index (χ0v) is 11.5. The van der Waals surface area contributed by atoms with Crippen LogP contribution in [0, 0.1) is 5.92 Å². The summed E-state index contributed by atoms with van der Waals surface area (Å²) in [7, 11) is 0. The van der Waals surface area contributed by atoms with E-state index < -0.39 is 0 Å².